The SMILES string of the molecule is COc1ccc(Cl)c(OC)c1C(=O)N1CCCN1C(=O)CS(C)(=O)=O. The molecular weight excluding hydrogens is 372 g/mol. The van der Waals surface area contributed by atoms with Crippen molar-refractivity contribution in [3.63, 3.8) is 0 Å². The number of amides is 2. The minimum absolute atomic E-state index is 0.0801. The average molecular weight is 391 g/mol. The number of hydrazine groups is 1. The Hall–Kier alpha value is -2.00. The van der Waals surface area contributed by atoms with Gasteiger partial charge in [-0.05, 0) is 18.6 Å². The maximum Gasteiger partial charge on any atom is 0.280 e. The second kappa shape index (κ2) is 7.49. The molecule has 10 heteroatoms. The molecule has 0 N–H and O–H groups in total. The number of carbonyl (C=O) groups excluding carboxylic acids is 2. The molecule has 2 amide bonds. The van der Waals surface area contributed by atoms with Crippen molar-refractivity contribution in [2.45, 2.75) is 6.42 Å². The van der Waals surface area contributed by atoms with Crippen LogP contribution in [0.1, 0.15) is 16.8 Å². The quantitative estimate of drug-likeness (QED) is 0.744. The lowest BCUT2D eigenvalue weighted by atomic mass is 10.1. The highest BCUT2D eigenvalue weighted by Gasteiger charge is 2.35. The Morgan fingerprint density at radius 2 is 1.80 bits per heavy atom. The van der Waals surface area contributed by atoms with Crippen molar-refractivity contribution >= 4 is 33.3 Å². The molecule has 1 aliphatic heterocycles. The van der Waals surface area contributed by atoms with Crippen LogP contribution in [0.3, 0.4) is 0 Å². The topological polar surface area (TPSA) is 93.2 Å². The van der Waals surface area contributed by atoms with Gasteiger partial charge in [0.15, 0.2) is 15.6 Å². The summed E-state index contributed by atoms with van der Waals surface area (Å²) in [6, 6.07) is 3.06. The second-order valence-corrected chi connectivity index (χ2v) is 8.07. The zero-order chi connectivity index (χ0) is 18.8. The number of hydrogen-bond acceptors (Lipinski definition) is 6. The van der Waals surface area contributed by atoms with Crippen LogP contribution < -0.4 is 9.47 Å². The van der Waals surface area contributed by atoms with E-state index in [-0.39, 0.29) is 35.2 Å². The van der Waals surface area contributed by atoms with Crippen LogP contribution in [-0.2, 0) is 14.6 Å². The van der Waals surface area contributed by atoms with Gasteiger partial charge in [0, 0.05) is 19.3 Å². The van der Waals surface area contributed by atoms with E-state index in [0.717, 1.165) is 11.3 Å². The van der Waals surface area contributed by atoms with Gasteiger partial charge in [-0.1, -0.05) is 11.6 Å². The maximum absolute atomic E-state index is 13.0. The molecule has 1 saturated heterocycles. The fraction of sp³-hybridized carbons (Fsp3) is 0.467. The van der Waals surface area contributed by atoms with Crippen molar-refractivity contribution in [1.82, 2.24) is 10.0 Å². The summed E-state index contributed by atoms with van der Waals surface area (Å²) in [5, 5.41) is 2.56. The second-order valence-electron chi connectivity index (χ2n) is 5.53. The number of halogens is 1. The van der Waals surface area contributed by atoms with E-state index in [4.69, 9.17) is 21.1 Å². The third-order valence-electron chi connectivity index (χ3n) is 3.65. The number of methoxy groups -OCH3 is 2. The summed E-state index contributed by atoms with van der Waals surface area (Å²) in [6.45, 7) is 0.526. The lowest BCUT2D eigenvalue weighted by molar-refractivity contribution is -0.137. The molecule has 0 aliphatic carbocycles. The monoisotopic (exact) mass is 390 g/mol. The Morgan fingerprint density at radius 3 is 2.36 bits per heavy atom. The molecule has 1 heterocycles. The van der Waals surface area contributed by atoms with Crippen LogP contribution in [0.25, 0.3) is 0 Å². The van der Waals surface area contributed by atoms with E-state index in [1.165, 1.54) is 31.4 Å². The third-order valence-corrected chi connectivity index (χ3v) is 4.72. The number of rotatable bonds is 5. The van der Waals surface area contributed by atoms with Gasteiger partial charge in [0.1, 0.15) is 17.1 Å². The highest BCUT2D eigenvalue weighted by atomic mass is 35.5. The van der Waals surface area contributed by atoms with E-state index in [2.05, 4.69) is 0 Å². The standard InChI is InChI=1S/C15H19ClN2O6S/c1-23-11-6-5-10(16)14(24-2)13(11)15(20)18-8-4-7-17(18)12(19)9-25(3,21)22/h5-6H,4,7-9H2,1-3H3. The van der Waals surface area contributed by atoms with Gasteiger partial charge in [0.2, 0.25) is 0 Å². The molecule has 1 aliphatic rings. The lowest BCUT2D eigenvalue weighted by Crippen LogP contribution is -2.47. The van der Waals surface area contributed by atoms with Gasteiger partial charge >= 0.3 is 0 Å². The highest BCUT2D eigenvalue weighted by Crippen LogP contribution is 2.37. The van der Waals surface area contributed by atoms with Crippen molar-refractivity contribution < 1.29 is 27.5 Å². The van der Waals surface area contributed by atoms with Crippen LogP contribution in [0, 0.1) is 0 Å². The Labute approximate surface area is 151 Å². The summed E-state index contributed by atoms with van der Waals surface area (Å²) in [5.41, 5.74) is 0.0801. The number of nitrogens with zero attached hydrogens (tertiary/aromatic N) is 2. The Kier molecular flexibility index (Phi) is 5.79. The van der Waals surface area contributed by atoms with Crippen molar-refractivity contribution in [2.75, 3.05) is 39.3 Å². The summed E-state index contributed by atoms with van der Waals surface area (Å²) in [5.74, 6) is -1.49. The first-order chi connectivity index (χ1) is 11.7. The van der Waals surface area contributed by atoms with Gasteiger partial charge in [-0.3, -0.25) is 14.6 Å². The average Bonchev–Trinajstić information content (AvgIpc) is 3.02. The molecule has 0 radical (unpaired) electrons. The first-order valence-electron chi connectivity index (χ1n) is 7.40. The first-order valence-corrected chi connectivity index (χ1v) is 9.83. The van der Waals surface area contributed by atoms with E-state index >= 15 is 0 Å². The molecule has 138 valence electrons. The Bertz CT molecular complexity index is 795. The van der Waals surface area contributed by atoms with Gasteiger partial charge in [0.25, 0.3) is 11.8 Å². The van der Waals surface area contributed by atoms with Gasteiger partial charge in [-0.15, -0.1) is 0 Å². The zero-order valence-electron chi connectivity index (χ0n) is 14.1. The minimum atomic E-state index is -3.51. The summed E-state index contributed by atoms with van der Waals surface area (Å²) in [6.07, 6.45) is 1.50. The molecule has 8 nitrogen and oxygen atoms in total. The van der Waals surface area contributed by atoms with E-state index in [1.807, 2.05) is 0 Å². The van der Waals surface area contributed by atoms with Crippen LogP contribution >= 0.6 is 11.6 Å². The lowest BCUT2D eigenvalue weighted by Gasteiger charge is -2.28. The van der Waals surface area contributed by atoms with Crippen LogP contribution in [0.5, 0.6) is 11.5 Å². The van der Waals surface area contributed by atoms with E-state index in [9.17, 15) is 18.0 Å². The number of benzene rings is 1. The fourth-order valence-electron chi connectivity index (χ4n) is 2.62. The first kappa shape index (κ1) is 19.3. The molecule has 1 aromatic rings. The zero-order valence-corrected chi connectivity index (χ0v) is 15.7. The third kappa shape index (κ3) is 4.16. The Balaban J connectivity index is 2.40. The number of sulfone groups is 1. The van der Waals surface area contributed by atoms with Crippen molar-refractivity contribution in [3.05, 3.63) is 22.7 Å². The molecule has 0 aromatic heterocycles. The van der Waals surface area contributed by atoms with Crippen LogP contribution in [0.15, 0.2) is 12.1 Å². The predicted molar refractivity (Wildman–Crippen MR) is 91.6 cm³/mol. The normalized spacial score (nSPS) is 14.6. The van der Waals surface area contributed by atoms with Gasteiger partial charge in [-0.2, -0.15) is 0 Å². The molecule has 0 atom stereocenters. The van der Waals surface area contributed by atoms with Gasteiger partial charge in [0.05, 0.1) is 19.2 Å². The molecule has 0 bridgehead atoms. The summed E-state index contributed by atoms with van der Waals surface area (Å²) < 4.78 is 33.2. The smallest absolute Gasteiger partial charge is 0.280 e. The maximum atomic E-state index is 13.0. The van der Waals surface area contributed by atoms with Crippen molar-refractivity contribution in [3.8, 4) is 11.5 Å². The summed E-state index contributed by atoms with van der Waals surface area (Å²) >= 11 is 6.08. The van der Waals surface area contributed by atoms with E-state index in [1.54, 1.807) is 0 Å². The Morgan fingerprint density at radius 1 is 1.16 bits per heavy atom. The molecule has 25 heavy (non-hydrogen) atoms. The summed E-state index contributed by atoms with van der Waals surface area (Å²) in [7, 11) is -0.739. The van der Waals surface area contributed by atoms with Crippen molar-refractivity contribution in [2.24, 2.45) is 0 Å². The molecule has 0 saturated carbocycles. The minimum Gasteiger partial charge on any atom is -0.496 e. The molecule has 1 fully saturated rings. The largest absolute Gasteiger partial charge is 0.496 e. The molecule has 1 aromatic carbocycles. The van der Waals surface area contributed by atoms with Gasteiger partial charge in [-0.25, -0.2) is 13.4 Å². The van der Waals surface area contributed by atoms with Crippen molar-refractivity contribution in [1.29, 1.82) is 0 Å². The van der Waals surface area contributed by atoms with Gasteiger partial charge < -0.3 is 9.47 Å². The molecule has 2 rings (SSSR count). The predicted octanol–water partition coefficient (Wildman–Crippen LogP) is 0.991. The fourth-order valence-corrected chi connectivity index (χ4v) is 3.45. The van der Waals surface area contributed by atoms with E-state index in [0.29, 0.717) is 6.42 Å². The molecule has 0 unspecified atom stereocenters. The number of hydrogen-bond donors (Lipinski definition) is 0. The molecule has 0 spiro atoms. The number of carbonyl (C=O) groups is 2. The molecular formula is C15H19ClN2O6S. The van der Waals surface area contributed by atoms with Crippen LogP contribution in [-0.4, -0.2) is 69.6 Å². The summed E-state index contributed by atoms with van der Waals surface area (Å²) in [4.78, 5) is 25.3. The highest BCUT2D eigenvalue weighted by molar-refractivity contribution is 7.91. The van der Waals surface area contributed by atoms with Crippen LogP contribution in [0.2, 0.25) is 5.02 Å². The number of ether oxygens (including phenoxy) is 2. The van der Waals surface area contributed by atoms with Crippen LogP contribution in [0.4, 0.5) is 0 Å². The van der Waals surface area contributed by atoms with E-state index < -0.39 is 27.4 Å².